The van der Waals surface area contributed by atoms with Crippen molar-refractivity contribution in [3.8, 4) is 0 Å². The molecule has 1 aliphatic rings. The van der Waals surface area contributed by atoms with Crippen molar-refractivity contribution in [2.45, 2.75) is 20.3 Å². The highest BCUT2D eigenvalue weighted by Crippen LogP contribution is 2.25. The van der Waals surface area contributed by atoms with Crippen LogP contribution in [0.1, 0.15) is 29.9 Å². The first kappa shape index (κ1) is 9.24. The van der Waals surface area contributed by atoms with E-state index in [9.17, 15) is 4.79 Å². The molecule has 0 spiro atoms. The normalized spacial score (nSPS) is 19.8. The number of hydrogen-bond donors (Lipinski definition) is 1. The Morgan fingerprint density at radius 3 is 3.00 bits per heavy atom. The lowest BCUT2D eigenvalue weighted by Gasteiger charge is -2.21. The second-order valence-electron chi connectivity index (χ2n) is 4.65. The minimum atomic E-state index is -0.00123. The molecule has 2 rings (SSSR count). The predicted octanol–water partition coefficient (Wildman–Crippen LogP) is 0.732. The Bertz CT molecular complexity index is 379. The molecule has 0 aliphatic carbocycles. The van der Waals surface area contributed by atoms with Gasteiger partial charge >= 0.3 is 0 Å². The lowest BCUT2D eigenvalue weighted by atomic mass is 9.88. The van der Waals surface area contributed by atoms with E-state index >= 15 is 0 Å². The van der Waals surface area contributed by atoms with Crippen molar-refractivity contribution >= 4 is 5.91 Å². The van der Waals surface area contributed by atoms with Crippen molar-refractivity contribution in [2.24, 2.45) is 12.5 Å². The number of aromatic nitrogens is 2. The highest BCUT2D eigenvalue weighted by molar-refractivity contribution is 5.95. The number of aryl methyl sites for hydroxylation is 1. The highest BCUT2D eigenvalue weighted by Gasteiger charge is 2.29. The lowest BCUT2D eigenvalue weighted by Crippen LogP contribution is -2.31. The molecule has 0 saturated heterocycles. The molecule has 4 heteroatoms. The number of fused-ring (bicyclic) bond motifs is 1. The zero-order chi connectivity index (χ0) is 10.3. The van der Waals surface area contributed by atoms with Crippen LogP contribution in [0.2, 0.25) is 0 Å². The zero-order valence-corrected chi connectivity index (χ0v) is 8.79. The quantitative estimate of drug-likeness (QED) is 0.660. The van der Waals surface area contributed by atoms with E-state index in [2.05, 4.69) is 24.3 Å². The molecule has 0 atom stereocenters. The van der Waals surface area contributed by atoms with Gasteiger partial charge < -0.3 is 5.32 Å². The fourth-order valence-corrected chi connectivity index (χ4v) is 1.79. The van der Waals surface area contributed by atoms with Crippen LogP contribution in [0.3, 0.4) is 0 Å². The molecule has 76 valence electrons. The number of amides is 1. The Kier molecular flexibility index (Phi) is 1.87. The van der Waals surface area contributed by atoms with Gasteiger partial charge in [-0.1, -0.05) is 13.8 Å². The molecular weight excluding hydrogens is 178 g/mol. The number of hydrogen-bond acceptors (Lipinski definition) is 2. The molecule has 1 aromatic rings. The molecule has 0 radical (unpaired) electrons. The van der Waals surface area contributed by atoms with Crippen molar-refractivity contribution < 1.29 is 4.79 Å². The predicted molar refractivity (Wildman–Crippen MR) is 53.0 cm³/mol. The smallest absolute Gasteiger partial charge is 0.254 e. The number of nitrogens with zero attached hydrogens (tertiary/aromatic N) is 2. The van der Waals surface area contributed by atoms with Gasteiger partial charge in [-0.3, -0.25) is 9.48 Å². The fourth-order valence-electron chi connectivity index (χ4n) is 1.79. The summed E-state index contributed by atoms with van der Waals surface area (Å²) in [4.78, 5) is 11.6. The van der Waals surface area contributed by atoms with Crippen molar-refractivity contribution in [3.63, 3.8) is 0 Å². The molecule has 1 aliphatic heterocycles. The number of carbonyl (C=O) groups is 1. The molecule has 1 aromatic heterocycles. The van der Waals surface area contributed by atoms with E-state index in [-0.39, 0.29) is 11.3 Å². The van der Waals surface area contributed by atoms with Gasteiger partial charge in [0.15, 0.2) is 0 Å². The maximum Gasteiger partial charge on any atom is 0.254 e. The molecule has 0 aromatic carbocycles. The van der Waals surface area contributed by atoms with Crippen molar-refractivity contribution in [3.05, 3.63) is 17.5 Å². The second kappa shape index (κ2) is 2.83. The summed E-state index contributed by atoms with van der Waals surface area (Å²) >= 11 is 0. The van der Waals surface area contributed by atoms with Crippen LogP contribution in [-0.2, 0) is 13.5 Å². The zero-order valence-electron chi connectivity index (χ0n) is 8.79. The van der Waals surface area contributed by atoms with Crippen LogP contribution in [0.15, 0.2) is 6.20 Å². The molecule has 14 heavy (non-hydrogen) atoms. The third-order valence-electron chi connectivity index (χ3n) is 2.68. The molecule has 1 N–H and O–H groups in total. The number of carbonyl (C=O) groups excluding carboxylic acids is 1. The van der Waals surface area contributed by atoms with Crippen molar-refractivity contribution in [2.75, 3.05) is 6.54 Å². The SMILES string of the molecule is Cn1ncc2c1CC(C)(C)CNC2=O. The van der Waals surface area contributed by atoms with E-state index in [1.807, 2.05) is 7.05 Å². The molecule has 4 nitrogen and oxygen atoms in total. The average molecular weight is 193 g/mol. The largest absolute Gasteiger partial charge is 0.351 e. The van der Waals surface area contributed by atoms with Crippen LogP contribution < -0.4 is 5.32 Å². The summed E-state index contributed by atoms with van der Waals surface area (Å²) in [6.45, 7) is 5.02. The highest BCUT2D eigenvalue weighted by atomic mass is 16.1. The first-order valence-electron chi connectivity index (χ1n) is 4.79. The number of nitrogens with one attached hydrogen (secondary N) is 1. The maximum absolute atomic E-state index is 11.6. The van der Waals surface area contributed by atoms with Gasteiger partial charge in [-0.15, -0.1) is 0 Å². The molecule has 0 fully saturated rings. The standard InChI is InChI=1S/C10H15N3O/c1-10(2)4-8-7(5-12-13(8)3)9(14)11-6-10/h5H,4,6H2,1-3H3,(H,11,14). The molecule has 2 heterocycles. The van der Waals surface area contributed by atoms with Gasteiger partial charge in [-0.25, -0.2) is 0 Å². The Labute approximate surface area is 83.3 Å². The van der Waals surface area contributed by atoms with Crippen LogP contribution in [0.5, 0.6) is 0 Å². The Morgan fingerprint density at radius 2 is 2.29 bits per heavy atom. The first-order valence-corrected chi connectivity index (χ1v) is 4.79. The third kappa shape index (κ3) is 1.41. The Hall–Kier alpha value is -1.32. The summed E-state index contributed by atoms with van der Waals surface area (Å²) in [7, 11) is 1.88. The molecule has 0 bridgehead atoms. The van der Waals surface area contributed by atoms with Gasteiger partial charge in [-0.05, 0) is 11.8 Å². The summed E-state index contributed by atoms with van der Waals surface area (Å²) < 4.78 is 1.79. The molecule has 0 unspecified atom stereocenters. The molecule has 0 saturated carbocycles. The summed E-state index contributed by atoms with van der Waals surface area (Å²) in [6, 6.07) is 0. The molecule has 1 amide bonds. The Morgan fingerprint density at radius 1 is 1.57 bits per heavy atom. The van der Waals surface area contributed by atoms with Gasteiger partial charge in [0.05, 0.1) is 17.5 Å². The topological polar surface area (TPSA) is 46.9 Å². The van der Waals surface area contributed by atoms with Gasteiger partial charge in [0, 0.05) is 13.6 Å². The summed E-state index contributed by atoms with van der Waals surface area (Å²) in [5.74, 6) is -0.00123. The van der Waals surface area contributed by atoms with Crippen LogP contribution in [0, 0.1) is 5.41 Å². The number of rotatable bonds is 0. The van der Waals surface area contributed by atoms with Crippen LogP contribution in [0.25, 0.3) is 0 Å². The lowest BCUT2D eigenvalue weighted by molar-refractivity contribution is 0.0945. The first-order chi connectivity index (χ1) is 6.49. The summed E-state index contributed by atoms with van der Waals surface area (Å²) in [6.07, 6.45) is 2.53. The van der Waals surface area contributed by atoms with Gasteiger partial charge in [0.2, 0.25) is 0 Å². The van der Waals surface area contributed by atoms with E-state index in [1.54, 1.807) is 10.9 Å². The molecular formula is C10H15N3O. The monoisotopic (exact) mass is 193 g/mol. The second-order valence-corrected chi connectivity index (χ2v) is 4.65. The Balaban J connectivity index is 2.48. The van der Waals surface area contributed by atoms with E-state index in [4.69, 9.17) is 0 Å². The van der Waals surface area contributed by atoms with Crippen molar-refractivity contribution in [1.82, 2.24) is 15.1 Å². The van der Waals surface area contributed by atoms with Gasteiger partial charge in [0.25, 0.3) is 5.91 Å². The van der Waals surface area contributed by atoms with Crippen molar-refractivity contribution in [1.29, 1.82) is 0 Å². The minimum Gasteiger partial charge on any atom is -0.351 e. The maximum atomic E-state index is 11.6. The fraction of sp³-hybridized carbons (Fsp3) is 0.600. The van der Waals surface area contributed by atoms with E-state index in [1.165, 1.54) is 0 Å². The van der Waals surface area contributed by atoms with E-state index in [0.717, 1.165) is 24.2 Å². The average Bonchev–Trinajstić information content (AvgIpc) is 2.38. The van der Waals surface area contributed by atoms with E-state index in [0.29, 0.717) is 0 Å². The van der Waals surface area contributed by atoms with Crippen LogP contribution >= 0.6 is 0 Å². The summed E-state index contributed by atoms with van der Waals surface area (Å²) in [5.41, 5.74) is 1.86. The van der Waals surface area contributed by atoms with E-state index < -0.39 is 0 Å². The van der Waals surface area contributed by atoms with Crippen LogP contribution in [-0.4, -0.2) is 22.2 Å². The van der Waals surface area contributed by atoms with Gasteiger partial charge in [0.1, 0.15) is 0 Å². The minimum absolute atomic E-state index is 0.00123. The third-order valence-corrected chi connectivity index (χ3v) is 2.68. The van der Waals surface area contributed by atoms with Crippen LogP contribution in [0.4, 0.5) is 0 Å². The van der Waals surface area contributed by atoms with Gasteiger partial charge in [-0.2, -0.15) is 5.10 Å². The summed E-state index contributed by atoms with van der Waals surface area (Å²) in [5, 5.41) is 7.02.